The average molecular weight is 307 g/mol. The van der Waals surface area contributed by atoms with Gasteiger partial charge < -0.3 is 0 Å². The Hall–Kier alpha value is -1.75. The number of halogens is 1. The van der Waals surface area contributed by atoms with E-state index in [1.54, 1.807) is 12.1 Å². The Morgan fingerprint density at radius 2 is 2.00 bits per heavy atom. The topological polar surface area (TPSA) is 52.0 Å². The number of benzene rings is 1. The van der Waals surface area contributed by atoms with Crippen molar-refractivity contribution in [2.24, 2.45) is 0 Å². The van der Waals surface area contributed by atoms with E-state index >= 15 is 0 Å². The molecule has 0 spiro atoms. The minimum Gasteiger partial charge on any atom is -0.298 e. The first kappa shape index (κ1) is 12.7. The summed E-state index contributed by atoms with van der Waals surface area (Å²) in [6.07, 6.45) is 3.16. The van der Waals surface area contributed by atoms with Crippen LogP contribution in [0.1, 0.15) is 16.8 Å². The van der Waals surface area contributed by atoms with Crippen LogP contribution in [0.5, 0.6) is 0 Å². The van der Waals surface area contributed by atoms with Crippen molar-refractivity contribution in [1.29, 1.82) is 0 Å². The summed E-state index contributed by atoms with van der Waals surface area (Å²) in [5, 5.41) is 0. The van der Waals surface area contributed by atoms with Gasteiger partial charge in [-0.05, 0) is 15.9 Å². The highest BCUT2D eigenvalue weighted by atomic mass is 79.9. The van der Waals surface area contributed by atoms with Crippen LogP contribution in [0.15, 0.2) is 52.1 Å². The van der Waals surface area contributed by atoms with Crippen molar-refractivity contribution in [3.63, 3.8) is 0 Å². The van der Waals surface area contributed by atoms with E-state index in [0.717, 1.165) is 0 Å². The van der Waals surface area contributed by atoms with E-state index in [4.69, 9.17) is 0 Å². The summed E-state index contributed by atoms with van der Waals surface area (Å²) in [5.74, 6) is 0.0162. The largest absolute Gasteiger partial charge is 0.298 e. The van der Waals surface area contributed by atoms with Crippen LogP contribution in [0.4, 0.5) is 0 Å². The van der Waals surface area contributed by atoms with E-state index < -0.39 is 0 Å². The van der Waals surface area contributed by atoms with Gasteiger partial charge >= 0.3 is 0 Å². The molecule has 0 bridgehead atoms. The molecule has 2 rings (SSSR count). The van der Waals surface area contributed by atoms with Crippen LogP contribution in [0.3, 0.4) is 0 Å². The average Bonchev–Trinajstić information content (AvgIpc) is 2.41. The predicted octanol–water partition coefficient (Wildman–Crippen LogP) is 2.28. The predicted molar refractivity (Wildman–Crippen MR) is 71.6 cm³/mol. The summed E-state index contributed by atoms with van der Waals surface area (Å²) in [5.41, 5.74) is 0.486. The lowest BCUT2D eigenvalue weighted by atomic mass is 10.1. The van der Waals surface area contributed by atoms with Crippen molar-refractivity contribution in [2.45, 2.75) is 13.0 Å². The molecule has 1 aromatic carbocycles. The number of Topliss-reactive ketones (excluding diaryl/α,β-unsaturated/α-hetero) is 1. The van der Waals surface area contributed by atoms with Gasteiger partial charge in [-0.1, -0.05) is 30.3 Å². The molecule has 0 unspecified atom stereocenters. The zero-order chi connectivity index (χ0) is 13.0. The van der Waals surface area contributed by atoms with E-state index in [0.29, 0.717) is 16.6 Å². The third-order valence-corrected chi connectivity index (χ3v) is 3.08. The summed E-state index contributed by atoms with van der Waals surface area (Å²) in [6, 6.07) is 9.04. The SMILES string of the molecule is O=C(CCn1cncc(Br)c1=O)c1ccccc1. The maximum atomic E-state index is 11.9. The highest BCUT2D eigenvalue weighted by molar-refractivity contribution is 9.10. The quantitative estimate of drug-likeness (QED) is 0.814. The van der Waals surface area contributed by atoms with Gasteiger partial charge in [0.25, 0.3) is 5.56 Å². The molecule has 4 nitrogen and oxygen atoms in total. The molecule has 0 atom stereocenters. The lowest BCUT2D eigenvalue weighted by molar-refractivity contribution is 0.0976. The van der Waals surface area contributed by atoms with E-state index in [1.807, 2.05) is 18.2 Å². The number of carbonyl (C=O) groups is 1. The molecule has 18 heavy (non-hydrogen) atoms. The van der Waals surface area contributed by atoms with Crippen LogP contribution < -0.4 is 5.56 Å². The van der Waals surface area contributed by atoms with Gasteiger partial charge in [-0.2, -0.15) is 0 Å². The van der Waals surface area contributed by atoms with Gasteiger partial charge in [0.15, 0.2) is 5.78 Å². The summed E-state index contributed by atoms with van der Waals surface area (Å²) >= 11 is 3.12. The van der Waals surface area contributed by atoms with Crippen LogP contribution in [-0.2, 0) is 6.54 Å². The molecule has 2 aromatic rings. The first-order valence-electron chi connectivity index (χ1n) is 5.46. The zero-order valence-corrected chi connectivity index (χ0v) is 11.1. The smallest absolute Gasteiger partial charge is 0.267 e. The molecule has 0 fully saturated rings. The van der Waals surface area contributed by atoms with E-state index in [1.165, 1.54) is 17.1 Å². The Morgan fingerprint density at radius 1 is 1.28 bits per heavy atom. The van der Waals surface area contributed by atoms with Crippen molar-refractivity contribution >= 4 is 21.7 Å². The minimum absolute atomic E-state index is 0.0162. The van der Waals surface area contributed by atoms with E-state index in [2.05, 4.69) is 20.9 Å². The van der Waals surface area contributed by atoms with Gasteiger partial charge in [0.05, 0.1) is 6.33 Å². The van der Waals surface area contributed by atoms with Gasteiger partial charge in [0.1, 0.15) is 4.47 Å². The molecule has 0 N–H and O–H groups in total. The second kappa shape index (κ2) is 5.73. The lowest BCUT2D eigenvalue weighted by Gasteiger charge is -2.04. The summed E-state index contributed by atoms with van der Waals surface area (Å²) in [6.45, 7) is 0.332. The van der Waals surface area contributed by atoms with Gasteiger partial charge in [-0.15, -0.1) is 0 Å². The normalized spacial score (nSPS) is 10.3. The standard InChI is InChI=1S/C13H11BrN2O2/c14-11-8-15-9-16(13(11)18)7-6-12(17)10-4-2-1-3-5-10/h1-5,8-9H,6-7H2. The molecule has 0 radical (unpaired) electrons. The van der Waals surface area contributed by atoms with E-state index in [-0.39, 0.29) is 17.8 Å². The molecule has 5 heteroatoms. The van der Waals surface area contributed by atoms with Gasteiger partial charge in [-0.25, -0.2) is 4.98 Å². The van der Waals surface area contributed by atoms with Crippen LogP contribution in [0.25, 0.3) is 0 Å². The fourth-order valence-electron chi connectivity index (χ4n) is 1.57. The molecule has 0 aliphatic carbocycles. The lowest BCUT2D eigenvalue weighted by Crippen LogP contribution is -2.22. The molecule has 0 amide bonds. The van der Waals surface area contributed by atoms with Crippen LogP contribution in [0.2, 0.25) is 0 Å². The summed E-state index contributed by atoms with van der Waals surface area (Å²) < 4.78 is 1.82. The van der Waals surface area contributed by atoms with Crippen molar-refractivity contribution < 1.29 is 4.79 Å². The van der Waals surface area contributed by atoms with Gasteiger partial charge in [-0.3, -0.25) is 14.2 Å². The molecule has 1 heterocycles. The number of nitrogens with zero attached hydrogens (tertiary/aromatic N) is 2. The number of aryl methyl sites for hydroxylation is 1. The Kier molecular flexibility index (Phi) is 4.04. The fourth-order valence-corrected chi connectivity index (χ4v) is 1.92. The number of hydrogen-bond donors (Lipinski definition) is 0. The minimum atomic E-state index is -0.175. The maximum absolute atomic E-state index is 11.9. The van der Waals surface area contributed by atoms with Gasteiger partial charge in [0.2, 0.25) is 0 Å². The second-order valence-electron chi connectivity index (χ2n) is 3.78. The van der Waals surface area contributed by atoms with Gasteiger partial charge in [0, 0.05) is 24.7 Å². The first-order valence-corrected chi connectivity index (χ1v) is 6.26. The maximum Gasteiger partial charge on any atom is 0.267 e. The Bertz CT molecular complexity index is 608. The number of carbonyl (C=O) groups excluding carboxylic acids is 1. The highest BCUT2D eigenvalue weighted by Crippen LogP contribution is 2.04. The highest BCUT2D eigenvalue weighted by Gasteiger charge is 2.07. The summed E-state index contributed by atoms with van der Waals surface area (Å²) in [4.78, 5) is 27.4. The Labute approximate surface area is 112 Å². The molecule has 0 saturated heterocycles. The van der Waals surface area contributed by atoms with Crippen molar-refractivity contribution in [2.75, 3.05) is 0 Å². The van der Waals surface area contributed by atoms with Crippen LogP contribution >= 0.6 is 15.9 Å². The molecule has 0 aliphatic heterocycles. The third kappa shape index (κ3) is 2.92. The number of hydrogen-bond acceptors (Lipinski definition) is 3. The number of rotatable bonds is 4. The molecule has 1 aromatic heterocycles. The first-order chi connectivity index (χ1) is 8.68. The number of aromatic nitrogens is 2. The molecule has 0 saturated carbocycles. The van der Waals surface area contributed by atoms with Crippen LogP contribution in [-0.4, -0.2) is 15.3 Å². The number of ketones is 1. The second-order valence-corrected chi connectivity index (χ2v) is 4.63. The fraction of sp³-hybridized carbons (Fsp3) is 0.154. The molecular weight excluding hydrogens is 296 g/mol. The Balaban J connectivity index is 2.07. The molecule has 92 valence electrons. The van der Waals surface area contributed by atoms with Crippen LogP contribution in [0, 0.1) is 0 Å². The molecule has 0 aliphatic rings. The van der Waals surface area contributed by atoms with Crippen molar-refractivity contribution in [3.8, 4) is 0 Å². The zero-order valence-electron chi connectivity index (χ0n) is 9.54. The Morgan fingerprint density at radius 3 is 2.72 bits per heavy atom. The van der Waals surface area contributed by atoms with E-state index in [9.17, 15) is 9.59 Å². The monoisotopic (exact) mass is 306 g/mol. The van der Waals surface area contributed by atoms with Crippen molar-refractivity contribution in [1.82, 2.24) is 9.55 Å². The molecular formula is C13H11BrN2O2. The summed E-state index contributed by atoms with van der Waals surface area (Å²) in [7, 11) is 0. The van der Waals surface area contributed by atoms with Crippen molar-refractivity contribution in [3.05, 3.63) is 63.2 Å². The third-order valence-electron chi connectivity index (χ3n) is 2.53.